The van der Waals surface area contributed by atoms with Crippen molar-refractivity contribution in [3.63, 3.8) is 0 Å². The highest BCUT2D eigenvalue weighted by Crippen LogP contribution is 2.32. The number of carbonyl (C=O) groups excluding carboxylic acids is 1. The normalized spacial score (nSPS) is 16.4. The van der Waals surface area contributed by atoms with Crippen LogP contribution in [0.15, 0.2) is 59.9 Å². The van der Waals surface area contributed by atoms with Gasteiger partial charge in [0.15, 0.2) is 11.0 Å². The maximum Gasteiger partial charge on any atom is 0.237 e. The minimum absolute atomic E-state index is 0.0946. The highest BCUT2D eigenvalue weighted by Gasteiger charge is 2.25. The molecule has 172 valence electrons. The number of aromatic nitrogens is 4. The lowest BCUT2D eigenvalue weighted by atomic mass is 10.1. The van der Waals surface area contributed by atoms with Gasteiger partial charge in [-0.3, -0.25) is 9.36 Å². The lowest BCUT2D eigenvalue weighted by molar-refractivity contribution is -0.115. The average molecular weight is 473 g/mol. The van der Waals surface area contributed by atoms with E-state index in [2.05, 4.69) is 37.2 Å². The van der Waals surface area contributed by atoms with Crippen LogP contribution >= 0.6 is 11.8 Å². The maximum absolute atomic E-state index is 12.9. The highest BCUT2D eigenvalue weighted by molar-refractivity contribution is 8.00. The molecule has 0 spiro atoms. The molecular weight excluding hydrogens is 448 g/mol. The number of hydrogen-bond acceptors (Lipinski definition) is 6. The second kappa shape index (κ2) is 9.71. The second-order valence-corrected chi connectivity index (χ2v) is 9.55. The van der Waals surface area contributed by atoms with Gasteiger partial charge < -0.3 is 15.0 Å². The van der Waals surface area contributed by atoms with E-state index < -0.39 is 5.25 Å². The van der Waals surface area contributed by atoms with Crippen LogP contribution in [0, 0.1) is 11.3 Å². The minimum Gasteiger partial charge on any atom is -0.376 e. The molecule has 1 aliphatic heterocycles. The predicted octanol–water partition coefficient (Wildman–Crippen LogP) is 4.60. The third-order valence-electron chi connectivity index (χ3n) is 5.87. The van der Waals surface area contributed by atoms with Gasteiger partial charge in [0.1, 0.15) is 0 Å². The van der Waals surface area contributed by atoms with E-state index in [1.54, 1.807) is 24.3 Å². The van der Waals surface area contributed by atoms with E-state index >= 15 is 0 Å². The molecule has 0 radical (unpaired) electrons. The lowest BCUT2D eigenvalue weighted by Gasteiger charge is -2.16. The number of anilines is 1. The summed E-state index contributed by atoms with van der Waals surface area (Å²) in [6.07, 6.45) is 4.07. The molecule has 0 saturated carbocycles. The smallest absolute Gasteiger partial charge is 0.237 e. The molecule has 1 saturated heterocycles. The van der Waals surface area contributed by atoms with Crippen molar-refractivity contribution in [2.75, 3.05) is 11.9 Å². The van der Waals surface area contributed by atoms with E-state index in [0.29, 0.717) is 23.0 Å². The number of nitriles is 1. The van der Waals surface area contributed by atoms with Crippen molar-refractivity contribution in [1.82, 2.24) is 19.7 Å². The quantitative estimate of drug-likeness (QED) is 0.381. The number of para-hydroxylation sites is 1. The minimum atomic E-state index is -0.422. The summed E-state index contributed by atoms with van der Waals surface area (Å²) in [5.41, 5.74) is 3.10. The summed E-state index contributed by atoms with van der Waals surface area (Å²) >= 11 is 1.36. The second-order valence-electron chi connectivity index (χ2n) is 8.24. The Morgan fingerprint density at radius 2 is 2.21 bits per heavy atom. The number of rotatable bonds is 7. The Hall–Kier alpha value is -3.61. The number of ether oxygens (including phenoxy) is 1. The maximum atomic E-state index is 12.9. The molecular formula is C25H24N6O2S. The monoisotopic (exact) mass is 472 g/mol. The van der Waals surface area contributed by atoms with Crippen LogP contribution in [0.1, 0.15) is 25.3 Å². The molecule has 1 fully saturated rings. The number of fused-ring (bicyclic) bond motifs is 1. The number of H-pyrrole nitrogens is 1. The zero-order valence-electron chi connectivity index (χ0n) is 18.7. The zero-order valence-corrected chi connectivity index (χ0v) is 19.5. The van der Waals surface area contributed by atoms with Crippen molar-refractivity contribution in [1.29, 1.82) is 5.26 Å². The number of carbonyl (C=O) groups is 1. The van der Waals surface area contributed by atoms with Crippen LogP contribution in [0.5, 0.6) is 0 Å². The summed E-state index contributed by atoms with van der Waals surface area (Å²) in [5.74, 6) is 0.588. The van der Waals surface area contributed by atoms with Gasteiger partial charge in [-0.25, -0.2) is 0 Å². The highest BCUT2D eigenvalue weighted by atomic mass is 32.2. The summed E-state index contributed by atoms with van der Waals surface area (Å²) in [6.45, 7) is 3.23. The largest absolute Gasteiger partial charge is 0.376 e. The van der Waals surface area contributed by atoms with E-state index in [1.165, 1.54) is 11.8 Å². The molecule has 0 bridgehead atoms. The van der Waals surface area contributed by atoms with Crippen molar-refractivity contribution in [2.24, 2.45) is 0 Å². The van der Waals surface area contributed by atoms with E-state index in [-0.39, 0.29) is 12.0 Å². The van der Waals surface area contributed by atoms with Crippen molar-refractivity contribution >= 4 is 34.3 Å². The van der Waals surface area contributed by atoms with Crippen LogP contribution in [-0.4, -0.2) is 43.6 Å². The molecule has 2 atom stereocenters. The molecule has 5 rings (SSSR count). The molecule has 3 heterocycles. The molecule has 34 heavy (non-hydrogen) atoms. The van der Waals surface area contributed by atoms with Crippen molar-refractivity contribution in [3.05, 3.63) is 60.3 Å². The Balaban J connectivity index is 1.41. The molecule has 2 N–H and O–H groups in total. The summed E-state index contributed by atoms with van der Waals surface area (Å²) in [5, 5.41) is 22.3. The first kappa shape index (κ1) is 22.2. The SMILES string of the molecule is CC(Sc1nnc(-c2c[nH]c3ccccc23)n1CC1CCCO1)C(=O)Nc1cccc(C#N)c1. The van der Waals surface area contributed by atoms with Gasteiger partial charge in [0.2, 0.25) is 5.91 Å². The number of amides is 1. The van der Waals surface area contributed by atoms with Gasteiger partial charge >= 0.3 is 0 Å². The van der Waals surface area contributed by atoms with Gasteiger partial charge in [-0.05, 0) is 44.0 Å². The first-order chi connectivity index (χ1) is 16.6. The van der Waals surface area contributed by atoms with Crippen LogP contribution in [0.2, 0.25) is 0 Å². The van der Waals surface area contributed by atoms with Gasteiger partial charge in [0, 0.05) is 35.0 Å². The molecule has 8 nitrogen and oxygen atoms in total. The fourth-order valence-corrected chi connectivity index (χ4v) is 4.97. The van der Waals surface area contributed by atoms with Crippen molar-refractivity contribution < 1.29 is 9.53 Å². The Morgan fingerprint density at radius 1 is 1.32 bits per heavy atom. The van der Waals surface area contributed by atoms with E-state index in [0.717, 1.165) is 41.7 Å². The predicted molar refractivity (Wildman–Crippen MR) is 131 cm³/mol. The third kappa shape index (κ3) is 4.55. The fourth-order valence-electron chi connectivity index (χ4n) is 4.11. The third-order valence-corrected chi connectivity index (χ3v) is 6.95. The van der Waals surface area contributed by atoms with Gasteiger partial charge in [-0.15, -0.1) is 10.2 Å². The summed E-state index contributed by atoms with van der Waals surface area (Å²) < 4.78 is 7.96. The van der Waals surface area contributed by atoms with E-state index in [1.807, 2.05) is 31.3 Å². The number of aromatic amines is 1. The van der Waals surface area contributed by atoms with Gasteiger partial charge in [0.05, 0.1) is 29.5 Å². The topological polar surface area (TPSA) is 109 Å². The average Bonchev–Trinajstić information content (AvgIpc) is 3.60. The van der Waals surface area contributed by atoms with Crippen molar-refractivity contribution in [3.8, 4) is 17.5 Å². The Labute approximate surface area is 201 Å². The van der Waals surface area contributed by atoms with Gasteiger partial charge in [-0.2, -0.15) is 5.26 Å². The van der Waals surface area contributed by atoms with Crippen molar-refractivity contribution in [2.45, 2.75) is 42.8 Å². The van der Waals surface area contributed by atoms with E-state index in [9.17, 15) is 4.79 Å². The van der Waals surface area contributed by atoms with Crippen LogP contribution in [-0.2, 0) is 16.1 Å². The van der Waals surface area contributed by atoms with E-state index in [4.69, 9.17) is 10.00 Å². The Kier molecular flexibility index (Phi) is 6.34. The van der Waals surface area contributed by atoms with Crippen LogP contribution in [0.4, 0.5) is 5.69 Å². The summed E-state index contributed by atoms with van der Waals surface area (Å²) in [6, 6.07) is 17.1. The number of benzene rings is 2. The molecule has 2 unspecified atom stereocenters. The number of hydrogen-bond donors (Lipinski definition) is 2. The number of nitrogens with one attached hydrogen (secondary N) is 2. The van der Waals surface area contributed by atoms with Gasteiger partial charge in [0.25, 0.3) is 0 Å². The van der Waals surface area contributed by atoms with Gasteiger partial charge in [-0.1, -0.05) is 36.0 Å². The summed E-state index contributed by atoms with van der Waals surface area (Å²) in [4.78, 5) is 16.2. The molecule has 1 aliphatic rings. The molecule has 2 aromatic heterocycles. The molecule has 1 amide bonds. The fraction of sp³-hybridized carbons (Fsp3) is 0.280. The lowest BCUT2D eigenvalue weighted by Crippen LogP contribution is -2.23. The van der Waals surface area contributed by atoms with Crippen LogP contribution in [0.3, 0.4) is 0 Å². The Morgan fingerprint density at radius 3 is 3.03 bits per heavy atom. The molecule has 0 aliphatic carbocycles. The molecule has 4 aromatic rings. The first-order valence-corrected chi connectivity index (χ1v) is 12.1. The zero-order chi connectivity index (χ0) is 23.5. The number of nitrogens with zero attached hydrogens (tertiary/aromatic N) is 4. The number of thioether (sulfide) groups is 1. The van der Waals surface area contributed by atoms with Crippen LogP contribution < -0.4 is 5.32 Å². The molecule has 9 heteroatoms. The Bertz CT molecular complexity index is 1370. The van der Waals surface area contributed by atoms with Crippen LogP contribution in [0.25, 0.3) is 22.3 Å². The molecule has 2 aromatic carbocycles. The standard InChI is InChI=1S/C25H24N6O2S/c1-16(24(32)28-18-7-4-6-17(12-18)13-26)34-25-30-29-23(31(25)15-19-8-5-11-33-19)21-14-27-22-10-3-2-9-20(21)22/h2-4,6-7,9-10,12,14,16,19,27H,5,8,11,15H2,1H3,(H,28,32). The first-order valence-electron chi connectivity index (χ1n) is 11.2. The summed E-state index contributed by atoms with van der Waals surface area (Å²) in [7, 11) is 0.